The number of H-pyrrole nitrogens is 1. The topological polar surface area (TPSA) is 65.2 Å². The molecule has 0 bridgehead atoms. The molecule has 6 heteroatoms. The van der Waals surface area contributed by atoms with Gasteiger partial charge in [-0.2, -0.15) is 0 Å². The lowest BCUT2D eigenvalue weighted by atomic mass is 9.86. The van der Waals surface area contributed by atoms with Crippen molar-refractivity contribution in [2.75, 3.05) is 20.1 Å². The Morgan fingerprint density at radius 3 is 2.79 bits per heavy atom. The Morgan fingerprint density at radius 2 is 2.21 bits per heavy atom. The van der Waals surface area contributed by atoms with Crippen LogP contribution in [-0.4, -0.2) is 37.8 Å². The van der Waals surface area contributed by atoms with Gasteiger partial charge in [-0.05, 0) is 31.4 Å². The molecule has 0 spiro atoms. The summed E-state index contributed by atoms with van der Waals surface area (Å²) in [6, 6.07) is 1.72. The van der Waals surface area contributed by atoms with Crippen molar-refractivity contribution in [2.24, 2.45) is 5.92 Å². The molecule has 2 rings (SSSR count). The third kappa shape index (κ3) is 3.38. The van der Waals surface area contributed by atoms with Crippen LogP contribution < -0.4 is 5.32 Å². The zero-order valence-electron chi connectivity index (χ0n) is 11.6. The zero-order valence-corrected chi connectivity index (χ0v) is 12.5. The molecule has 1 fully saturated rings. The molecule has 19 heavy (non-hydrogen) atoms. The van der Waals surface area contributed by atoms with Gasteiger partial charge in [0.1, 0.15) is 0 Å². The molecular weight excluding hydrogens is 262 g/mol. The van der Waals surface area contributed by atoms with E-state index in [0.717, 1.165) is 25.1 Å². The van der Waals surface area contributed by atoms with Crippen LogP contribution in [0.1, 0.15) is 31.9 Å². The van der Waals surface area contributed by atoms with Crippen molar-refractivity contribution in [3.63, 3.8) is 0 Å². The Morgan fingerprint density at radius 1 is 1.47 bits per heavy atom. The van der Waals surface area contributed by atoms with Gasteiger partial charge in [0.2, 0.25) is 10.0 Å². The number of nitrogens with zero attached hydrogens (tertiary/aromatic N) is 1. The highest BCUT2D eigenvalue weighted by molar-refractivity contribution is 7.89. The molecular formula is C13H23N3O2S. The Kier molecular flexibility index (Phi) is 4.65. The molecule has 0 unspecified atom stereocenters. The summed E-state index contributed by atoms with van der Waals surface area (Å²) in [4.78, 5) is 3.38. The molecule has 108 valence electrons. The van der Waals surface area contributed by atoms with E-state index in [9.17, 15) is 8.42 Å². The van der Waals surface area contributed by atoms with E-state index in [1.165, 1.54) is 10.7 Å². The predicted octanol–water partition coefficient (Wildman–Crippen LogP) is 1.54. The highest BCUT2D eigenvalue weighted by Crippen LogP contribution is 2.28. The van der Waals surface area contributed by atoms with Gasteiger partial charge >= 0.3 is 0 Å². The van der Waals surface area contributed by atoms with E-state index in [-0.39, 0.29) is 0 Å². The van der Waals surface area contributed by atoms with Crippen LogP contribution in [0.3, 0.4) is 0 Å². The van der Waals surface area contributed by atoms with Crippen LogP contribution in [0.4, 0.5) is 0 Å². The number of hydrogen-bond acceptors (Lipinski definition) is 3. The fraction of sp³-hybridized carbons (Fsp3) is 0.692. The maximum Gasteiger partial charge on any atom is 0.244 e. The van der Waals surface area contributed by atoms with Crippen LogP contribution in [0.25, 0.3) is 0 Å². The largest absolute Gasteiger partial charge is 0.363 e. The molecule has 1 heterocycles. The van der Waals surface area contributed by atoms with Crippen LogP contribution in [0.5, 0.6) is 0 Å². The SMILES string of the molecule is CCNCc1cc(S(=O)(=O)N(C)CC2CCC2)c[nH]1. The van der Waals surface area contributed by atoms with Crippen molar-refractivity contribution in [1.82, 2.24) is 14.6 Å². The molecule has 0 radical (unpaired) electrons. The highest BCUT2D eigenvalue weighted by Gasteiger charge is 2.27. The summed E-state index contributed by atoms with van der Waals surface area (Å²) in [6.07, 6.45) is 5.12. The number of hydrogen-bond donors (Lipinski definition) is 2. The first-order chi connectivity index (χ1) is 9.04. The van der Waals surface area contributed by atoms with E-state index >= 15 is 0 Å². The highest BCUT2D eigenvalue weighted by atomic mass is 32.2. The summed E-state index contributed by atoms with van der Waals surface area (Å²) < 4.78 is 26.2. The second kappa shape index (κ2) is 6.07. The average Bonchev–Trinajstić information content (AvgIpc) is 2.80. The third-order valence-electron chi connectivity index (χ3n) is 3.73. The minimum absolute atomic E-state index is 0.363. The first-order valence-electron chi connectivity index (χ1n) is 6.88. The second-order valence-corrected chi connectivity index (χ2v) is 7.27. The molecule has 0 amide bonds. The van der Waals surface area contributed by atoms with E-state index in [0.29, 0.717) is 23.9 Å². The van der Waals surface area contributed by atoms with Crippen molar-refractivity contribution in [2.45, 2.75) is 37.6 Å². The van der Waals surface area contributed by atoms with Crippen LogP contribution in [-0.2, 0) is 16.6 Å². The molecule has 0 aromatic carbocycles. The lowest BCUT2D eigenvalue weighted by molar-refractivity contribution is 0.263. The van der Waals surface area contributed by atoms with E-state index in [2.05, 4.69) is 10.3 Å². The summed E-state index contributed by atoms with van der Waals surface area (Å²) >= 11 is 0. The fourth-order valence-electron chi connectivity index (χ4n) is 2.25. The lowest BCUT2D eigenvalue weighted by Gasteiger charge is -2.29. The summed E-state index contributed by atoms with van der Waals surface area (Å²) in [5, 5.41) is 3.17. The molecule has 0 atom stereocenters. The van der Waals surface area contributed by atoms with Crippen LogP contribution in [0.15, 0.2) is 17.2 Å². The summed E-state index contributed by atoms with van der Waals surface area (Å²) in [5.41, 5.74) is 0.900. The van der Waals surface area contributed by atoms with Gasteiger partial charge < -0.3 is 10.3 Å². The normalized spacial score (nSPS) is 16.8. The van der Waals surface area contributed by atoms with Crippen molar-refractivity contribution in [1.29, 1.82) is 0 Å². The van der Waals surface area contributed by atoms with Gasteiger partial charge in [-0.25, -0.2) is 12.7 Å². The molecule has 1 aliphatic rings. The van der Waals surface area contributed by atoms with Gasteiger partial charge in [0.15, 0.2) is 0 Å². The molecule has 5 nitrogen and oxygen atoms in total. The zero-order chi connectivity index (χ0) is 13.9. The lowest BCUT2D eigenvalue weighted by Crippen LogP contribution is -2.34. The van der Waals surface area contributed by atoms with Gasteiger partial charge in [0.25, 0.3) is 0 Å². The third-order valence-corrected chi connectivity index (χ3v) is 5.53. The minimum Gasteiger partial charge on any atom is -0.363 e. The molecule has 1 aliphatic carbocycles. The number of aromatic amines is 1. The number of aromatic nitrogens is 1. The molecule has 1 saturated carbocycles. The maximum atomic E-state index is 12.4. The summed E-state index contributed by atoms with van der Waals surface area (Å²) in [7, 11) is -1.67. The fourth-order valence-corrected chi connectivity index (χ4v) is 3.51. The molecule has 1 aromatic heterocycles. The Balaban J connectivity index is 2.02. The average molecular weight is 285 g/mol. The molecule has 2 N–H and O–H groups in total. The monoisotopic (exact) mass is 285 g/mol. The van der Waals surface area contributed by atoms with Crippen LogP contribution in [0.2, 0.25) is 0 Å². The Hall–Kier alpha value is -0.850. The Labute approximate surface area is 115 Å². The first-order valence-corrected chi connectivity index (χ1v) is 8.32. The van der Waals surface area contributed by atoms with Crippen molar-refractivity contribution in [3.8, 4) is 0 Å². The molecule has 0 saturated heterocycles. The standard InChI is InChI=1S/C13H23N3O2S/c1-3-14-8-12-7-13(9-15-12)19(17,18)16(2)10-11-5-4-6-11/h7,9,11,14-15H,3-6,8,10H2,1-2H3. The van der Waals surface area contributed by atoms with Crippen molar-refractivity contribution >= 4 is 10.0 Å². The maximum absolute atomic E-state index is 12.4. The number of nitrogens with one attached hydrogen (secondary N) is 2. The van der Waals surface area contributed by atoms with Gasteiger partial charge in [-0.15, -0.1) is 0 Å². The smallest absolute Gasteiger partial charge is 0.244 e. The van der Waals surface area contributed by atoms with E-state index in [1.54, 1.807) is 19.3 Å². The Bertz CT molecular complexity index is 506. The molecule has 1 aromatic rings. The quantitative estimate of drug-likeness (QED) is 0.799. The predicted molar refractivity (Wildman–Crippen MR) is 75.3 cm³/mol. The van der Waals surface area contributed by atoms with Crippen LogP contribution in [0, 0.1) is 5.92 Å². The number of rotatable bonds is 7. The van der Waals surface area contributed by atoms with E-state index in [1.807, 2.05) is 6.92 Å². The van der Waals surface area contributed by atoms with Gasteiger partial charge in [0, 0.05) is 32.0 Å². The first kappa shape index (κ1) is 14.6. The van der Waals surface area contributed by atoms with E-state index in [4.69, 9.17) is 0 Å². The van der Waals surface area contributed by atoms with Crippen LogP contribution >= 0.6 is 0 Å². The summed E-state index contributed by atoms with van der Waals surface area (Å²) in [6.45, 7) is 4.18. The second-order valence-electron chi connectivity index (χ2n) is 5.22. The van der Waals surface area contributed by atoms with Gasteiger partial charge in [-0.1, -0.05) is 13.3 Å². The van der Waals surface area contributed by atoms with Gasteiger partial charge in [-0.3, -0.25) is 0 Å². The van der Waals surface area contributed by atoms with Crippen molar-refractivity contribution < 1.29 is 8.42 Å². The summed E-state index contributed by atoms with van der Waals surface area (Å²) in [5.74, 6) is 0.542. The van der Waals surface area contributed by atoms with Gasteiger partial charge in [0.05, 0.1) is 4.90 Å². The number of sulfonamides is 1. The van der Waals surface area contributed by atoms with E-state index < -0.39 is 10.0 Å². The minimum atomic E-state index is -3.34. The molecule has 0 aliphatic heterocycles. The van der Waals surface area contributed by atoms with Crippen molar-refractivity contribution in [3.05, 3.63) is 18.0 Å².